The van der Waals surface area contributed by atoms with Crippen LogP contribution in [-0.2, 0) is 14.8 Å². The third-order valence-electron chi connectivity index (χ3n) is 3.33. The molecule has 1 atom stereocenters. The Labute approximate surface area is 167 Å². The van der Waals surface area contributed by atoms with Crippen LogP contribution in [0.3, 0.4) is 0 Å². The average molecular weight is 458 g/mol. The molecule has 0 aliphatic heterocycles. The number of nitrogens with one attached hydrogen (secondary N) is 1. The lowest BCUT2D eigenvalue weighted by Gasteiger charge is -2.18. The van der Waals surface area contributed by atoms with Crippen LogP contribution < -0.4 is 9.46 Å². The minimum Gasteiger partial charge on any atom is -0.481 e. The molecule has 152 valence electrons. The molecule has 6 nitrogen and oxygen atoms in total. The van der Waals surface area contributed by atoms with Crippen molar-refractivity contribution in [3.05, 3.63) is 58.1 Å². The normalized spacial score (nSPS) is 13.2. The summed E-state index contributed by atoms with van der Waals surface area (Å²) in [4.78, 5) is 10.7. The fraction of sp³-hybridized carbons (Fsp3) is 0.188. The van der Waals surface area contributed by atoms with Crippen LogP contribution in [0.1, 0.15) is 18.0 Å². The van der Waals surface area contributed by atoms with Crippen molar-refractivity contribution >= 4 is 39.2 Å². The van der Waals surface area contributed by atoms with Gasteiger partial charge >= 0.3 is 12.3 Å². The van der Waals surface area contributed by atoms with Crippen LogP contribution in [0, 0.1) is 0 Å². The zero-order valence-corrected chi connectivity index (χ0v) is 16.0. The number of carboxylic acid groups (broad SMARTS) is 1. The number of hydrogen-bond acceptors (Lipinski definition) is 4. The van der Waals surface area contributed by atoms with Crippen LogP contribution in [0.2, 0.25) is 10.0 Å². The Morgan fingerprint density at radius 1 is 1.11 bits per heavy atom. The number of halogens is 5. The Hall–Kier alpha value is -2.01. The number of alkyl halides is 3. The van der Waals surface area contributed by atoms with E-state index < -0.39 is 40.6 Å². The number of rotatable bonds is 7. The highest BCUT2D eigenvalue weighted by Crippen LogP contribution is 2.28. The highest BCUT2D eigenvalue weighted by molar-refractivity contribution is 7.89. The first kappa shape index (κ1) is 22.3. The van der Waals surface area contributed by atoms with Gasteiger partial charge in [0, 0.05) is 10.0 Å². The summed E-state index contributed by atoms with van der Waals surface area (Å²) in [5.74, 6) is -1.90. The molecule has 0 bridgehead atoms. The lowest BCUT2D eigenvalue weighted by atomic mass is 10.1. The summed E-state index contributed by atoms with van der Waals surface area (Å²) in [6.45, 7) is 0. The SMILES string of the molecule is O=C(O)C[C@@H](NS(=O)(=O)c1ccc(OC(F)(F)F)cc1)c1cc(Cl)cc(Cl)c1. The molecule has 0 fully saturated rings. The summed E-state index contributed by atoms with van der Waals surface area (Å²) >= 11 is 11.7. The lowest BCUT2D eigenvalue weighted by molar-refractivity contribution is -0.274. The van der Waals surface area contributed by atoms with E-state index in [9.17, 15) is 26.4 Å². The maximum Gasteiger partial charge on any atom is 0.573 e. The van der Waals surface area contributed by atoms with Gasteiger partial charge in [-0.3, -0.25) is 4.79 Å². The maximum absolute atomic E-state index is 12.5. The molecule has 2 rings (SSSR count). The van der Waals surface area contributed by atoms with Crippen molar-refractivity contribution in [2.75, 3.05) is 0 Å². The van der Waals surface area contributed by atoms with Crippen molar-refractivity contribution in [2.24, 2.45) is 0 Å². The fourth-order valence-electron chi connectivity index (χ4n) is 2.25. The van der Waals surface area contributed by atoms with Crippen LogP contribution in [0.25, 0.3) is 0 Å². The van der Waals surface area contributed by atoms with Crippen molar-refractivity contribution < 1.29 is 36.2 Å². The summed E-state index contributed by atoms with van der Waals surface area (Å²) in [5, 5.41) is 9.42. The van der Waals surface area contributed by atoms with Gasteiger partial charge in [-0.05, 0) is 48.0 Å². The third kappa shape index (κ3) is 6.55. The predicted octanol–water partition coefficient (Wildman–Crippen LogP) is 4.39. The Morgan fingerprint density at radius 2 is 1.64 bits per heavy atom. The van der Waals surface area contributed by atoms with Crippen molar-refractivity contribution in [3.63, 3.8) is 0 Å². The Kier molecular flexibility index (Phi) is 6.81. The van der Waals surface area contributed by atoms with Gasteiger partial charge in [0.05, 0.1) is 17.4 Å². The maximum atomic E-state index is 12.5. The average Bonchev–Trinajstić information content (AvgIpc) is 2.51. The second-order valence-electron chi connectivity index (χ2n) is 5.49. The number of aliphatic carboxylic acids is 1. The molecule has 0 aliphatic rings. The zero-order valence-electron chi connectivity index (χ0n) is 13.7. The number of sulfonamides is 1. The molecule has 0 spiro atoms. The highest BCUT2D eigenvalue weighted by Gasteiger charge is 2.31. The monoisotopic (exact) mass is 457 g/mol. The van der Waals surface area contributed by atoms with E-state index in [1.165, 1.54) is 18.2 Å². The van der Waals surface area contributed by atoms with Gasteiger partial charge in [-0.2, -0.15) is 0 Å². The van der Waals surface area contributed by atoms with E-state index in [0.717, 1.165) is 24.3 Å². The van der Waals surface area contributed by atoms with Gasteiger partial charge in [0.2, 0.25) is 10.0 Å². The van der Waals surface area contributed by atoms with Gasteiger partial charge < -0.3 is 9.84 Å². The second kappa shape index (κ2) is 8.56. The lowest BCUT2D eigenvalue weighted by Crippen LogP contribution is -2.30. The van der Waals surface area contributed by atoms with Crippen molar-refractivity contribution in [3.8, 4) is 5.75 Å². The van der Waals surface area contributed by atoms with Crippen molar-refractivity contribution in [1.82, 2.24) is 4.72 Å². The molecule has 0 amide bonds. The number of ether oxygens (including phenoxy) is 1. The minimum absolute atomic E-state index is 0.172. The molecule has 0 saturated carbocycles. The topological polar surface area (TPSA) is 92.7 Å². The van der Waals surface area contributed by atoms with Gasteiger partial charge in [-0.15, -0.1) is 13.2 Å². The number of benzene rings is 2. The molecular weight excluding hydrogens is 446 g/mol. The van der Waals surface area contributed by atoms with Gasteiger partial charge in [0.1, 0.15) is 5.75 Å². The van der Waals surface area contributed by atoms with Crippen LogP contribution in [0.15, 0.2) is 47.4 Å². The minimum atomic E-state index is -4.92. The molecule has 0 aromatic heterocycles. The molecule has 2 aromatic rings. The summed E-state index contributed by atoms with van der Waals surface area (Å²) in [6, 6.07) is 6.31. The molecule has 0 radical (unpaired) electrons. The Morgan fingerprint density at radius 3 is 2.11 bits per heavy atom. The second-order valence-corrected chi connectivity index (χ2v) is 8.08. The molecule has 28 heavy (non-hydrogen) atoms. The van der Waals surface area contributed by atoms with E-state index in [-0.39, 0.29) is 20.5 Å². The quantitative estimate of drug-likeness (QED) is 0.643. The number of carbonyl (C=O) groups is 1. The summed E-state index contributed by atoms with van der Waals surface area (Å²) in [6.07, 6.45) is -5.54. The summed E-state index contributed by atoms with van der Waals surface area (Å²) < 4.78 is 67.5. The fourth-order valence-corrected chi connectivity index (χ4v) is 4.02. The van der Waals surface area contributed by atoms with Crippen molar-refractivity contribution in [1.29, 1.82) is 0 Å². The van der Waals surface area contributed by atoms with Gasteiger partial charge in [-0.25, -0.2) is 13.1 Å². The van der Waals surface area contributed by atoms with Crippen LogP contribution in [-0.4, -0.2) is 25.9 Å². The highest BCUT2D eigenvalue weighted by atomic mass is 35.5. The van der Waals surface area contributed by atoms with Gasteiger partial charge in [0.15, 0.2) is 0 Å². The Bertz CT molecular complexity index is 945. The smallest absolute Gasteiger partial charge is 0.481 e. The standard InChI is InChI=1S/C16H12Cl2F3NO5S/c17-10-5-9(6-11(18)7-10)14(8-15(23)24)22-28(25,26)13-3-1-12(2-4-13)27-16(19,20)21/h1-7,14,22H,8H2,(H,23,24)/t14-/m1/s1. The van der Waals surface area contributed by atoms with Gasteiger partial charge in [0.25, 0.3) is 0 Å². The number of carboxylic acids is 1. The van der Waals surface area contributed by atoms with Crippen LogP contribution >= 0.6 is 23.2 Å². The first-order valence-corrected chi connectivity index (χ1v) is 9.65. The van der Waals surface area contributed by atoms with Crippen LogP contribution in [0.4, 0.5) is 13.2 Å². The molecule has 2 N–H and O–H groups in total. The van der Waals surface area contributed by atoms with Gasteiger partial charge in [-0.1, -0.05) is 23.2 Å². The first-order valence-electron chi connectivity index (χ1n) is 7.42. The molecule has 0 aliphatic carbocycles. The Balaban J connectivity index is 2.30. The molecule has 2 aromatic carbocycles. The number of hydrogen-bond donors (Lipinski definition) is 2. The largest absolute Gasteiger partial charge is 0.573 e. The first-order chi connectivity index (χ1) is 12.9. The molecule has 0 unspecified atom stereocenters. The molecule has 0 heterocycles. The van der Waals surface area contributed by atoms with E-state index in [2.05, 4.69) is 9.46 Å². The predicted molar refractivity (Wildman–Crippen MR) is 94.9 cm³/mol. The molecule has 12 heteroatoms. The summed E-state index contributed by atoms with van der Waals surface area (Å²) in [7, 11) is -4.28. The van der Waals surface area contributed by atoms with E-state index in [1.54, 1.807) is 0 Å². The van der Waals surface area contributed by atoms with E-state index in [4.69, 9.17) is 28.3 Å². The third-order valence-corrected chi connectivity index (χ3v) is 5.26. The van der Waals surface area contributed by atoms with E-state index in [1.807, 2.05) is 0 Å². The molecule has 0 saturated heterocycles. The zero-order chi connectivity index (χ0) is 21.1. The molecular formula is C16H12Cl2F3NO5S. The van der Waals surface area contributed by atoms with Crippen molar-refractivity contribution in [2.45, 2.75) is 23.7 Å². The van der Waals surface area contributed by atoms with Crippen LogP contribution in [0.5, 0.6) is 5.75 Å². The van der Waals surface area contributed by atoms with E-state index >= 15 is 0 Å². The van der Waals surface area contributed by atoms with E-state index in [0.29, 0.717) is 0 Å². The summed E-state index contributed by atoms with van der Waals surface area (Å²) in [5.41, 5.74) is 0.209.